The normalized spacial score (nSPS) is 16.3. The number of aromatic nitrogens is 4. The number of benzene rings is 1. The number of carbonyl (C=O) groups excluding carboxylic acids is 1. The van der Waals surface area contributed by atoms with Crippen LogP contribution in [0.5, 0.6) is 0 Å². The lowest BCUT2D eigenvalue weighted by Gasteiger charge is -2.28. The number of carbonyl (C=O) groups is 1. The molecule has 0 fully saturated rings. The molecule has 3 aromatic rings. The average Bonchev–Trinajstić information content (AvgIpc) is 3.32. The second kappa shape index (κ2) is 6.48. The number of rotatable bonds is 4. The third kappa shape index (κ3) is 2.70. The zero-order valence-corrected chi connectivity index (χ0v) is 14.2. The number of esters is 1. The second-order valence-electron chi connectivity index (χ2n) is 5.41. The summed E-state index contributed by atoms with van der Waals surface area (Å²) in [6, 6.07) is 11.2. The van der Waals surface area contributed by atoms with Crippen molar-refractivity contribution in [2.75, 3.05) is 11.9 Å². The molecule has 3 heterocycles. The van der Waals surface area contributed by atoms with Gasteiger partial charge in [0.25, 0.3) is 0 Å². The maximum absolute atomic E-state index is 12.8. The molecule has 126 valence electrons. The SMILES string of the molecule is CCOC(=O)C1=C(c2ccccc2)Nc2nnnn2C1c1ccsc1. The summed E-state index contributed by atoms with van der Waals surface area (Å²) in [5.41, 5.74) is 2.97. The largest absolute Gasteiger partial charge is 0.463 e. The number of anilines is 1. The van der Waals surface area contributed by atoms with E-state index < -0.39 is 6.04 Å². The van der Waals surface area contributed by atoms with Crippen molar-refractivity contribution in [1.29, 1.82) is 0 Å². The fourth-order valence-corrected chi connectivity index (χ4v) is 3.56. The minimum Gasteiger partial charge on any atom is -0.463 e. The number of ether oxygens (including phenoxy) is 1. The monoisotopic (exact) mass is 353 g/mol. The molecule has 4 rings (SSSR count). The molecule has 1 aromatic carbocycles. The van der Waals surface area contributed by atoms with Crippen LogP contribution < -0.4 is 5.32 Å². The van der Waals surface area contributed by atoms with Gasteiger partial charge in [-0.2, -0.15) is 16.0 Å². The molecule has 0 aliphatic carbocycles. The molecule has 0 amide bonds. The van der Waals surface area contributed by atoms with Crippen LogP contribution in [0.15, 0.2) is 52.7 Å². The second-order valence-corrected chi connectivity index (χ2v) is 6.19. The zero-order chi connectivity index (χ0) is 17.2. The van der Waals surface area contributed by atoms with Crippen molar-refractivity contribution in [3.63, 3.8) is 0 Å². The Labute approximate surface area is 147 Å². The maximum Gasteiger partial charge on any atom is 0.338 e. The lowest BCUT2D eigenvalue weighted by molar-refractivity contribution is -0.138. The van der Waals surface area contributed by atoms with Gasteiger partial charge in [-0.1, -0.05) is 35.4 Å². The van der Waals surface area contributed by atoms with E-state index in [0.29, 0.717) is 23.8 Å². The summed E-state index contributed by atoms with van der Waals surface area (Å²) in [5, 5.41) is 19.0. The Balaban J connectivity index is 1.95. The van der Waals surface area contributed by atoms with Gasteiger partial charge in [0.2, 0.25) is 5.95 Å². The molecule has 0 radical (unpaired) electrons. The first-order valence-electron chi connectivity index (χ1n) is 7.83. The molecular weight excluding hydrogens is 338 g/mol. The van der Waals surface area contributed by atoms with Gasteiger partial charge in [-0.25, -0.2) is 4.79 Å². The molecule has 0 saturated heterocycles. The smallest absolute Gasteiger partial charge is 0.338 e. The van der Waals surface area contributed by atoms with Crippen LogP contribution in [0.1, 0.15) is 24.1 Å². The molecule has 1 unspecified atom stereocenters. The summed E-state index contributed by atoms with van der Waals surface area (Å²) >= 11 is 1.56. The first-order valence-corrected chi connectivity index (χ1v) is 8.77. The molecule has 0 spiro atoms. The molecule has 0 bridgehead atoms. The number of hydrogen-bond acceptors (Lipinski definition) is 7. The average molecular weight is 353 g/mol. The summed E-state index contributed by atoms with van der Waals surface area (Å²) in [6.07, 6.45) is 0. The predicted molar refractivity (Wildman–Crippen MR) is 93.9 cm³/mol. The highest BCUT2D eigenvalue weighted by Gasteiger charge is 2.36. The number of thiophene rings is 1. The van der Waals surface area contributed by atoms with Crippen molar-refractivity contribution in [1.82, 2.24) is 20.2 Å². The van der Waals surface area contributed by atoms with E-state index in [1.165, 1.54) is 0 Å². The van der Waals surface area contributed by atoms with Crippen molar-refractivity contribution in [3.8, 4) is 0 Å². The van der Waals surface area contributed by atoms with E-state index >= 15 is 0 Å². The topological polar surface area (TPSA) is 81.9 Å². The first kappa shape index (κ1) is 15.5. The van der Waals surface area contributed by atoms with Crippen LogP contribution in [0, 0.1) is 0 Å². The van der Waals surface area contributed by atoms with Gasteiger partial charge in [-0.05, 0) is 45.3 Å². The molecule has 1 atom stereocenters. The molecule has 1 aliphatic rings. The van der Waals surface area contributed by atoms with Gasteiger partial charge in [0, 0.05) is 0 Å². The maximum atomic E-state index is 12.8. The fourth-order valence-electron chi connectivity index (χ4n) is 2.88. The third-order valence-electron chi connectivity index (χ3n) is 3.93. The van der Waals surface area contributed by atoms with E-state index in [4.69, 9.17) is 4.74 Å². The number of nitrogens with zero attached hydrogens (tertiary/aromatic N) is 4. The Kier molecular flexibility index (Phi) is 4.02. The van der Waals surface area contributed by atoms with E-state index in [9.17, 15) is 4.79 Å². The van der Waals surface area contributed by atoms with Gasteiger partial charge in [0.1, 0.15) is 6.04 Å². The highest BCUT2D eigenvalue weighted by atomic mass is 32.1. The number of nitrogens with one attached hydrogen (secondary N) is 1. The van der Waals surface area contributed by atoms with Crippen LogP contribution in [0.4, 0.5) is 5.95 Å². The Bertz CT molecular complexity index is 918. The van der Waals surface area contributed by atoms with E-state index in [2.05, 4.69) is 20.8 Å². The van der Waals surface area contributed by atoms with Crippen molar-refractivity contribution >= 4 is 29.0 Å². The Morgan fingerprint density at radius 3 is 2.88 bits per heavy atom. The Morgan fingerprint density at radius 1 is 1.32 bits per heavy atom. The van der Waals surface area contributed by atoms with Crippen molar-refractivity contribution in [2.24, 2.45) is 0 Å². The molecule has 2 aromatic heterocycles. The fraction of sp³-hybridized carbons (Fsp3) is 0.176. The molecule has 0 saturated carbocycles. The minimum atomic E-state index is -0.438. The van der Waals surface area contributed by atoms with Gasteiger partial charge in [0.15, 0.2) is 0 Å². The Morgan fingerprint density at radius 2 is 2.16 bits per heavy atom. The van der Waals surface area contributed by atoms with E-state index in [0.717, 1.165) is 11.1 Å². The summed E-state index contributed by atoms with van der Waals surface area (Å²) < 4.78 is 6.95. The number of hydrogen-bond donors (Lipinski definition) is 1. The third-order valence-corrected chi connectivity index (χ3v) is 4.64. The summed E-state index contributed by atoms with van der Waals surface area (Å²) in [5.74, 6) is 0.106. The molecule has 8 heteroatoms. The summed E-state index contributed by atoms with van der Waals surface area (Å²) in [6.45, 7) is 2.09. The van der Waals surface area contributed by atoms with Gasteiger partial charge in [-0.15, -0.1) is 0 Å². The van der Waals surface area contributed by atoms with E-state index in [1.54, 1.807) is 22.9 Å². The zero-order valence-electron chi connectivity index (χ0n) is 13.4. The van der Waals surface area contributed by atoms with Crippen LogP contribution >= 0.6 is 11.3 Å². The van der Waals surface area contributed by atoms with Gasteiger partial charge in [-0.3, -0.25) is 0 Å². The van der Waals surface area contributed by atoms with Gasteiger partial charge in [0.05, 0.1) is 17.9 Å². The molecule has 7 nitrogen and oxygen atoms in total. The number of fused-ring (bicyclic) bond motifs is 1. The highest BCUT2D eigenvalue weighted by Crippen LogP contribution is 2.39. The van der Waals surface area contributed by atoms with Crippen LogP contribution in [-0.2, 0) is 9.53 Å². The van der Waals surface area contributed by atoms with Gasteiger partial charge >= 0.3 is 5.97 Å². The number of tetrazole rings is 1. The van der Waals surface area contributed by atoms with E-state index in [-0.39, 0.29) is 5.97 Å². The van der Waals surface area contributed by atoms with Crippen LogP contribution in [0.3, 0.4) is 0 Å². The quantitative estimate of drug-likeness (QED) is 0.726. The van der Waals surface area contributed by atoms with Crippen LogP contribution in [0.2, 0.25) is 0 Å². The van der Waals surface area contributed by atoms with Gasteiger partial charge < -0.3 is 10.1 Å². The van der Waals surface area contributed by atoms with Crippen molar-refractivity contribution in [3.05, 3.63) is 63.9 Å². The lowest BCUT2D eigenvalue weighted by Crippen LogP contribution is -2.29. The molecule has 1 aliphatic heterocycles. The summed E-state index contributed by atoms with van der Waals surface area (Å²) in [4.78, 5) is 12.8. The lowest BCUT2D eigenvalue weighted by atomic mass is 9.94. The first-order chi connectivity index (χ1) is 12.3. The van der Waals surface area contributed by atoms with Crippen LogP contribution in [0.25, 0.3) is 5.70 Å². The minimum absolute atomic E-state index is 0.295. The molecule has 25 heavy (non-hydrogen) atoms. The van der Waals surface area contributed by atoms with E-state index in [1.807, 2.05) is 47.2 Å². The van der Waals surface area contributed by atoms with Crippen LogP contribution in [-0.4, -0.2) is 32.8 Å². The standard InChI is InChI=1S/C17H15N5O2S/c1-2-24-16(23)13-14(11-6-4-3-5-7-11)18-17-19-20-21-22(17)15(13)12-8-9-25-10-12/h3-10,15H,2H2,1H3,(H,18,19,21). The Hall–Kier alpha value is -3.00. The van der Waals surface area contributed by atoms with Crippen molar-refractivity contribution < 1.29 is 9.53 Å². The molecular formula is C17H15N5O2S. The van der Waals surface area contributed by atoms with Crippen molar-refractivity contribution in [2.45, 2.75) is 13.0 Å². The summed E-state index contributed by atoms with van der Waals surface area (Å²) in [7, 11) is 0. The highest BCUT2D eigenvalue weighted by molar-refractivity contribution is 7.08. The predicted octanol–water partition coefficient (Wildman–Crippen LogP) is 2.72. The molecule has 1 N–H and O–H groups in total.